The molecule has 0 fully saturated rings. The molecular weight excluding hydrogens is 401 g/mol. The zero-order valence-electron chi connectivity index (χ0n) is 6.81. The van der Waals surface area contributed by atoms with Crippen molar-refractivity contribution in [3.8, 4) is 11.5 Å². The summed E-state index contributed by atoms with van der Waals surface area (Å²) in [5.74, 6) is 1.06. The largest absolute Gasteiger partial charge is 0.492 e. The van der Waals surface area contributed by atoms with Crippen molar-refractivity contribution in [3.05, 3.63) is 19.3 Å². The number of halogens is 3. The summed E-state index contributed by atoms with van der Waals surface area (Å²) in [6.07, 6.45) is 0. The molecule has 1 rings (SSSR count). The van der Waals surface area contributed by atoms with Crippen molar-refractivity contribution in [3.63, 3.8) is 0 Å². The Morgan fingerprint density at radius 1 is 1.23 bits per heavy atom. The minimum atomic E-state index is -0.841. The van der Waals surface area contributed by atoms with Gasteiger partial charge in [-0.25, -0.2) is 4.39 Å². The van der Waals surface area contributed by atoms with Crippen LogP contribution in [0.2, 0.25) is 0 Å². The van der Waals surface area contributed by atoms with Gasteiger partial charge >= 0.3 is 0 Å². The Balaban J connectivity index is 3.18. The molecule has 13 heavy (non-hydrogen) atoms. The van der Waals surface area contributed by atoms with Gasteiger partial charge in [0.15, 0.2) is 11.5 Å². The van der Waals surface area contributed by atoms with Crippen LogP contribution in [0.3, 0.4) is 0 Å². The molecule has 0 aliphatic rings. The van der Waals surface area contributed by atoms with Crippen LogP contribution in [0.4, 0.5) is 4.39 Å². The fraction of sp³-hybridized carbons (Fsp3) is 0.250. The van der Waals surface area contributed by atoms with E-state index >= 15 is 0 Å². The van der Waals surface area contributed by atoms with E-state index in [-0.39, 0.29) is 0 Å². The number of alkyl halides is 1. The van der Waals surface area contributed by atoms with Gasteiger partial charge in [-0.05, 0) is 57.3 Å². The monoisotopic (exact) mass is 408 g/mol. The molecule has 0 amide bonds. The van der Waals surface area contributed by atoms with E-state index < -0.39 is 6.86 Å². The molecule has 0 radical (unpaired) electrons. The average Bonchev–Trinajstić information content (AvgIpc) is 2.12. The van der Waals surface area contributed by atoms with Crippen molar-refractivity contribution in [2.45, 2.75) is 0 Å². The summed E-state index contributed by atoms with van der Waals surface area (Å²) in [7, 11) is 1.54. The highest BCUT2D eigenvalue weighted by molar-refractivity contribution is 14.1. The number of methoxy groups -OCH3 is 1. The minimum Gasteiger partial charge on any atom is -0.492 e. The second kappa shape index (κ2) is 5.18. The maximum Gasteiger partial charge on any atom is 0.228 e. The predicted molar refractivity (Wildman–Crippen MR) is 65.0 cm³/mol. The van der Waals surface area contributed by atoms with Crippen molar-refractivity contribution >= 4 is 45.2 Å². The molecule has 0 saturated carbocycles. The molecule has 0 saturated heterocycles. The summed E-state index contributed by atoms with van der Waals surface area (Å²) in [6, 6.07) is 3.75. The number of benzene rings is 1. The molecule has 0 heterocycles. The Morgan fingerprint density at radius 2 is 1.77 bits per heavy atom. The quantitative estimate of drug-likeness (QED) is 0.716. The van der Waals surface area contributed by atoms with Crippen LogP contribution in [0.15, 0.2) is 12.1 Å². The lowest BCUT2D eigenvalue weighted by Crippen LogP contribution is -1.98. The normalized spacial score (nSPS) is 9.85. The van der Waals surface area contributed by atoms with Crippen LogP contribution in [-0.4, -0.2) is 14.0 Å². The molecule has 0 aromatic heterocycles. The minimum absolute atomic E-state index is 0.470. The van der Waals surface area contributed by atoms with Gasteiger partial charge in [0.1, 0.15) is 0 Å². The molecule has 5 heteroatoms. The Hall–Kier alpha value is 0.210. The van der Waals surface area contributed by atoms with Gasteiger partial charge in [-0.2, -0.15) is 0 Å². The first-order valence-electron chi connectivity index (χ1n) is 3.41. The smallest absolute Gasteiger partial charge is 0.228 e. The third-order valence-corrected chi connectivity index (χ3v) is 3.12. The number of hydrogen-bond acceptors (Lipinski definition) is 2. The van der Waals surface area contributed by atoms with Crippen LogP contribution < -0.4 is 9.47 Å². The summed E-state index contributed by atoms with van der Waals surface area (Å²) in [5.41, 5.74) is 0. The fourth-order valence-electron chi connectivity index (χ4n) is 0.894. The predicted octanol–water partition coefficient (Wildman–Crippen LogP) is 3.21. The Kier molecular flexibility index (Phi) is 4.50. The highest BCUT2D eigenvalue weighted by atomic mass is 127. The zero-order valence-corrected chi connectivity index (χ0v) is 11.1. The van der Waals surface area contributed by atoms with Crippen LogP contribution in [-0.2, 0) is 0 Å². The van der Waals surface area contributed by atoms with E-state index in [1.165, 1.54) is 0 Å². The van der Waals surface area contributed by atoms with E-state index in [1.54, 1.807) is 7.11 Å². The SMILES string of the molecule is COc1c(I)ccc(I)c1OCF. The number of rotatable bonds is 3. The van der Waals surface area contributed by atoms with Crippen LogP contribution in [0.5, 0.6) is 11.5 Å². The maximum atomic E-state index is 12.0. The molecule has 0 aliphatic carbocycles. The molecule has 1 aromatic carbocycles. The molecule has 0 spiro atoms. The van der Waals surface area contributed by atoms with Gasteiger partial charge in [-0.1, -0.05) is 0 Å². The van der Waals surface area contributed by atoms with E-state index in [2.05, 4.69) is 45.2 Å². The summed E-state index contributed by atoms with van der Waals surface area (Å²) in [5, 5.41) is 0. The highest BCUT2D eigenvalue weighted by Crippen LogP contribution is 2.36. The van der Waals surface area contributed by atoms with E-state index in [4.69, 9.17) is 9.47 Å². The molecule has 0 unspecified atom stereocenters. The van der Waals surface area contributed by atoms with Gasteiger partial charge in [-0.15, -0.1) is 0 Å². The Labute approximate surface area is 103 Å². The van der Waals surface area contributed by atoms with Gasteiger partial charge in [0.05, 0.1) is 14.3 Å². The maximum absolute atomic E-state index is 12.0. The Bertz CT molecular complexity index is 304. The van der Waals surface area contributed by atoms with Gasteiger partial charge in [0.25, 0.3) is 0 Å². The van der Waals surface area contributed by atoms with Crippen molar-refractivity contribution in [1.29, 1.82) is 0 Å². The Morgan fingerprint density at radius 3 is 2.23 bits per heavy atom. The topological polar surface area (TPSA) is 18.5 Å². The summed E-state index contributed by atoms with van der Waals surface area (Å²) < 4.78 is 23.7. The van der Waals surface area contributed by atoms with Crippen molar-refractivity contribution in [1.82, 2.24) is 0 Å². The second-order valence-corrected chi connectivity index (χ2v) is 4.47. The lowest BCUT2D eigenvalue weighted by molar-refractivity contribution is 0.183. The van der Waals surface area contributed by atoms with E-state index in [0.717, 1.165) is 7.14 Å². The molecular formula is C8H7FI2O2. The molecule has 72 valence electrons. The van der Waals surface area contributed by atoms with Crippen molar-refractivity contribution in [2.24, 2.45) is 0 Å². The standard InChI is InChI=1S/C8H7FI2O2/c1-12-7-5(10)2-3-6(11)8(7)13-4-9/h2-3H,4H2,1H3. The fourth-order valence-corrected chi connectivity index (χ4v) is 2.12. The lowest BCUT2D eigenvalue weighted by atomic mass is 10.3. The van der Waals surface area contributed by atoms with Crippen molar-refractivity contribution in [2.75, 3.05) is 14.0 Å². The molecule has 1 aromatic rings. The first kappa shape index (κ1) is 11.3. The molecule has 0 atom stereocenters. The molecule has 0 bridgehead atoms. The van der Waals surface area contributed by atoms with Gasteiger partial charge < -0.3 is 9.47 Å². The summed E-state index contributed by atoms with van der Waals surface area (Å²) in [6.45, 7) is -0.841. The van der Waals surface area contributed by atoms with Crippen LogP contribution in [0.25, 0.3) is 0 Å². The van der Waals surface area contributed by atoms with E-state index in [1.807, 2.05) is 12.1 Å². The first-order chi connectivity index (χ1) is 6.20. The molecule has 0 aliphatic heterocycles. The van der Waals surface area contributed by atoms with Gasteiger partial charge in [-0.3, -0.25) is 0 Å². The third kappa shape index (κ3) is 2.58. The third-order valence-electron chi connectivity index (χ3n) is 1.42. The van der Waals surface area contributed by atoms with Crippen LogP contribution in [0, 0.1) is 7.14 Å². The number of ether oxygens (including phenoxy) is 2. The zero-order chi connectivity index (χ0) is 9.84. The van der Waals surface area contributed by atoms with E-state index in [9.17, 15) is 4.39 Å². The van der Waals surface area contributed by atoms with Crippen molar-refractivity contribution < 1.29 is 13.9 Å². The second-order valence-electron chi connectivity index (χ2n) is 2.15. The molecule has 2 nitrogen and oxygen atoms in total. The average molecular weight is 408 g/mol. The summed E-state index contributed by atoms with van der Waals surface area (Å²) >= 11 is 4.19. The van der Waals surface area contributed by atoms with Crippen LogP contribution in [0.1, 0.15) is 0 Å². The lowest BCUT2D eigenvalue weighted by Gasteiger charge is -2.11. The summed E-state index contributed by atoms with van der Waals surface area (Å²) in [4.78, 5) is 0. The van der Waals surface area contributed by atoms with Gasteiger partial charge in [0, 0.05) is 0 Å². The highest BCUT2D eigenvalue weighted by Gasteiger charge is 2.12. The van der Waals surface area contributed by atoms with Gasteiger partial charge in [0.2, 0.25) is 6.86 Å². The molecule has 0 N–H and O–H groups in total. The van der Waals surface area contributed by atoms with Crippen LogP contribution >= 0.6 is 45.2 Å². The van der Waals surface area contributed by atoms with E-state index in [0.29, 0.717) is 11.5 Å². The first-order valence-corrected chi connectivity index (χ1v) is 5.57. The number of hydrogen-bond donors (Lipinski definition) is 0.